The van der Waals surface area contributed by atoms with Gasteiger partial charge < -0.3 is 15.5 Å². The maximum Gasteiger partial charge on any atom is 0.255 e. The average Bonchev–Trinajstić information content (AvgIpc) is 2.48. The van der Waals surface area contributed by atoms with Crippen LogP contribution in [-0.2, 0) is 6.42 Å². The topological polar surface area (TPSA) is 69.6 Å². The highest BCUT2D eigenvalue weighted by molar-refractivity contribution is 5.97. The van der Waals surface area contributed by atoms with E-state index in [2.05, 4.69) is 5.32 Å². The molecule has 0 fully saturated rings. The van der Waals surface area contributed by atoms with Crippen LogP contribution in [0.1, 0.15) is 21.5 Å². The lowest BCUT2D eigenvalue weighted by atomic mass is 10.1. The van der Waals surface area contributed by atoms with Gasteiger partial charge in [-0.15, -0.1) is 0 Å². The molecule has 0 radical (unpaired) electrons. The molecule has 0 saturated carbocycles. The number of phenolic OH excluding ortho intramolecular Hbond substituents is 1. The maximum absolute atomic E-state index is 12.0. The summed E-state index contributed by atoms with van der Waals surface area (Å²) in [6.07, 6.45) is -0.190. The van der Waals surface area contributed by atoms with Crippen molar-refractivity contribution < 1.29 is 15.0 Å². The molecule has 2 aromatic carbocycles. The fourth-order valence-corrected chi connectivity index (χ4v) is 2.11. The number of aryl methyl sites for hydroxylation is 1. The van der Waals surface area contributed by atoms with E-state index < -0.39 is 6.10 Å². The lowest BCUT2D eigenvalue weighted by Gasteiger charge is -2.13. The summed E-state index contributed by atoms with van der Waals surface area (Å²) in [7, 11) is 0. The molecule has 0 aromatic heterocycles. The molecule has 1 unspecified atom stereocenters. The predicted molar refractivity (Wildman–Crippen MR) is 81.3 cm³/mol. The zero-order valence-electron chi connectivity index (χ0n) is 11.9. The largest absolute Gasteiger partial charge is 0.507 e. The van der Waals surface area contributed by atoms with Gasteiger partial charge in [0.05, 0.1) is 11.7 Å². The second kappa shape index (κ2) is 6.90. The number of rotatable bonds is 5. The number of benzene rings is 2. The molecule has 1 amide bonds. The van der Waals surface area contributed by atoms with Crippen LogP contribution in [0.25, 0.3) is 0 Å². The van der Waals surface area contributed by atoms with Crippen molar-refractivity contribution in [1.82, 2.24) is 5.32 Å². The number of aliphatic hydroxyl groups excluding tert-OH is 1. The summed E-state index contributed by atoms with van der Waals surface area (Å²) >= 11 is 0. The van der Waals surface area contributed by atoms with Gasteiger partial charge in [0.2, 0.25) is 0 Å². The van der Waals surface area contributed by atoms with Crippen LogP contribution >= 0.6 is 0 Å². The monoisotopic (exact) mass is 285 g/mol. The summed E-state index contributed by atoms with van der Waals surface area (Å²) in [5.41, 5.74) is 1.88. The normalized spacial score (nSPS) is 11.9. The van der Waals surface area contributed by atoms with Crippen LogP contribution in [-0.4, -0.2) is 28.8 Å². The molecular weight excluding hydrogens is 266 g/mol. The molecule has 4 heteroatoms. The van der Waals surface area contributed by atoms with Crippen molar-refractivity contribution >= 4 is 5.91 Å². The SMILES string of the molecule is Cc1cccc(C(=O)NCC(O)Cc2ccccc2)c1O. The molecule has 0 aliphatic carbocycles. The molecule has 2 aromatic rings. The van der Waals surface area contributed by atoms with E-state index in [0.29, 0.717) is 12.0 Å². The Morgan fingerprint density at radius 2 is 1.86 bits per heavy atom. The Bertz CT molecular complexity index is 611. The Morgan fingerprint density at radius 3 is 2.57 bits per heavy atom. The summed E-state index contributed by atoms with van der Waals surface area (Å²) < 4.78 is 0. The second-order valence-electron chi connectivity index (χ2n) is 5.02. The van der Waals surface area contributed by atoms with Gasteiger partial charge in [0.1, 0.15) is 5.75 Å². The Hall–Kier alpha value is -2.33. The van der Waals surface area contributed by atoms with Crippen molar-refractivity contribution in [3.05, 3.63) is 65.2 Å². The smallest absolute Gasteiger partial charge is 0.255 e. The van der Waals surface area contributed by atoms with E-state index >= 15 is 0 Å². The highest BCUT2D eigenvalue weighted by Crippen LogP contribution is 2.21. The second-order valence-corrected chi connectivity index (χ2v) is 5.02. The van der Waals surface area contributed by atoms with Crippen LogP contribution < -0.4 is 5.32 Å². The number of carbonyl (C=O) groups excluding carboxylic acids is 1. The Morgan fingerprint density at radius 1 is 1.14 bits per heavy atom. The van der Waals surface area contributed by atoms with Gasteiger partial charge in [0, 0.05) is 13.0 Å². The summed E-state index contributed by atoms with van der Waals surface area (Å²) in [6, 6.07) is 14.6. The summed E-state index contributed by atoms with van der Waals surface area (Å²) in [4.78, 5) is 12.0. The van der Waals surface area contributed by atoms with Crippen molar-refractivity contribution in [3.8, 4) is 5.75 Å². The van der Waals surface area contributed by atoms with Crippen LogP contribution in [0.5, 0.6) is 5.75 Å². The Kier molecular flexibility index (Phi) is 4.95. The first-order chi connectivity index (χ1) is 10.1. The Labute approximate surface area is 124 Å². The van der Waals surface area contributed by atoms with E-state index in [1.54, 1.807) is 25.1 Å². The quantitative estimate of drug-likeness (QED) is 0.787. The number of hydrogen-bond acceptors (Lipinski definition) is 3. The zero-order valence-corrected chi connectivity index (χ0v) is 11.9. The van der Waals surface area contributed by atoms with E-state index in [1.165, 1.54) is 0 Å². The van der Waals surface area contributed by atoms with Gasteiger partial charge in [0.15, 0.2) is 0 Å². The molecule has 0 saturated heterocycles. The van der Waals surface area contributed by atoms with Crippen LogP contribution in [0, 0.1) is 6.92 Å². The Balaban J connectivity index is 1.90. The van der Waals surface area contributed by atoms with Crippen molar-refractivity contribution in [2.75, 3.05) is 6.54 Å². The number of para-hydroxylation sites is 1. The van der Waals surface area contributed by atoms with Gasteiger partial charge in [-0.1, -0.05) is 42.5 Å². The molecule has 0 spiro atoms. The number of aromatic hydroxyl groups is 1. The molecule has 2 rings (SSSR count). The average molecular weight is 285 g/mol. The van der Waals surface area contributed by atoms with Crippen LogP contribution in [0.2, 0.25) is 0 Å². The summed E-state index contributed by atoms with van der Waals surface area (Å²) in [6.45, 7) is 1.87. The van der Waals surface area contributed by atoms with Gasteiger partial charge in [-0.3, -0.25) is 4.79 Å². The van der Waals surface area contributed by atoms with E-state index in [4.69, 9.17) is 0 Å². The third-order valence-electron chi connectivity index (χ3n) is 3.29. The number of aliphatic hydroxyl groups is 1. The van der Waals surface area contributed by atoms with Crippen LogP contribution in [0.4, 0.5) is 0 Å². The lowest BCUT2D eigenvalue weighted by Crippen LogP contribution is -2.33. The van der Waals surface area contributed by atoms with Crippen molar-refractivity contribution in [2.45, 2.75) is 19.4 Å². The molecule has 0 aliphatic rings. The zero-order chi connectivity index (χ0) is 15.2. The van der Waals surface area contributed by atoms with Gasteiger partial charge in [-0.25, -0.2) is 0 Å². The standard InChI is InChI=1S/C17H19NO3/c1-12-6-5-9-15(16(12)20)17(21)18-11-14(19)10-13-7-3-2-4-8-13/h2-9,14,19-20H,10-11H2,1H3,(H,18,21). The molecule has 0 heterocycles. The number of nitrogens with one attached hydrogen (secondary N) is 1. The van der Waals surface area contributed by atoms with Gasteiger partial charge >= 0.3 is 0 Å². The summed E-state index contributed by atoms with van der Waals surface area (Å²) in [5, 5.41) is 22.4. The van der Waals surface area contributed by atoms with Crippen LogP contribution in [0.15, 0.2) is 48.5 Å². The third-order valence-corrected chi connectivity index (χ3v) is 3.29. The first-order valence-corrected chi connectivity index (χ1v) is 6.86. The first-order valence-electron chi connectivity index (χ1n) is 6.86. The predicted octanol–water partition coefficient (Wildman–Crippen LogP) is 2.03. The maximum atomic E-state index is 12.0. The van der Waals surface area contributed by atoms with Crippen molar-refractivity contribution in [1.29, 1.82) is 0 Å². The molecule has 1 atom stereocenters. The van der Waals surface area contributed by atoms with Gasteiger partial charge in [0.25, 0.3) is 5.91 Å². The molecule has 3 N–H and O–H groups in total. The first kappa shape index (κ1) is 15.1. The minimum absolute atomic E-state index is 0.0208. The van der Waals surface area contributed by atoms with E-state index in [-0.39, 0.29) is 23.8 Å². The molecule has 110 valence electrons. The number of amides is 1. The molecular formula is C17H19NO3. The highest BCUT2D eigenvalue weighted by Gasteiger charge is 2.14. The van der Waals surface area contributed by atoms with E-state index in [1.807, 2.05) is 30.3 Å². The molecule has 4 nitrogen and oxygen atoms in total. The summed E-state index contributed by atoms with van der Waals surface area (Å²) in [5.74, 6) is -0.407. The lowest BCUT2D eigenvalue weighted by molar-refractivity contribution is 0.0913. The van der Waals surface area contributed by atoms with Gasteiger partial charge in [-0.05, 0) is 24.1 Å². The number of hydrogen-bond donors (Lipinski definition) is 3. The molecule has 0 aliphatic heterocycles. The van der Waals surface area contributed by atoms with E-state index in [9.17, 15) is 15.0 Å². The molecule has 0 bridgehead atoms. The number of carbonyl (C=O) groups is 1. The minimum Gasteiger partial charge on any atom is -0.507 e. The molecule has 21 heavy (non-hydrogen) atoms. The minimum atomic E-state index is -0.664. The van der Waals surface area contributed by atoms with Gasteiger partial charge in [-0.2, -0.15) is 0 Å². The fraction of sp³-hybridized carbons (Fsp3) is 0.235. The van der Waals surface area contributed by atoms with E-state index in [0.717, 1.165) is 5.56 Å². The van der Waals surface area contributed by atoms with Crippen molar-refractivity contribution in [3.63, 3.8) is 0 Å². The van der Waals surface area contributed by atoms with Crippen molar-refractivity contribution in [2.24, 2.45) is 0 Å². The third kappa shape index (κ3) is 4.07. The van der Waals surface area contributed by atoms with Crippen LogP contribution in [0.3, 0.4) is 0 Å². The highest BCUT2D eigenvalue weighted by atomic mass is 16.3. The fourth-order valence-electron chi connectivity index (χ4n) is 2.11. The number of phenols is 1.